The number of imidazole rings is 1. The molecule has 1 aliphatic rings. The van der Waals surface area contributed by atoms with Crippen molar-refractivity contribution in [1.29, 1.82) is 0 Å². The lowest BCUT2D eigenvalue weighted by Gasteiger charge is -2.23. The fraction of sp³-hybridized carbons (Fsp3) is 0.545. The predicted octanol–water partition coefficient (Wildman–Crippen LogP) is 1.49. The molecule has 0 saturated carbocycles. The second kappa shape index (κ2) is 4.64. The lowest BCUT2D eigenvalue weighted by Crippen LogP contribution is -2.18. The number of hydrogen-bond acceptors (Lipinski definition) is 6. The average Bonchev–Trinajstić information content (AvgIpc) is 2.75. The first-order valence-electron chi connectivity index (χ1n) is 5.91. The quantitative estimate of drug-likeness (QED) is 0.886. The summed E-state index contributed by atoms with van der Waals surface area (Å²) in [6.07, 6.45) is 3.82. The molecule has 0 spiro atoms. The standard InChI is InChI=1S/C11H15N5OS/c1-17-10-8-9(13-6-14-10)16(11(12)15-8)7-3-2-4-18-5-7/h6-7H,2-5H2,1H3,(H2,12,15). The van der Waals surface area contributed by atoms with Gasteiger partial charge in [-0.05, 0) is 18.6 Å². The van der Waals surface area contributed by atoms with Crippen LogP contribution < -0.4 is 10.5 Å². The first kappa shape index (κ1) is 11.6. The summed E-state index contributed by atoms with van der Waals surface area (Å²) in [5.41, 5.74) is 7.44. The largest absolute Gasteiger partial charge is 0.479 e. The number of nitrogens with zero attached hydrogens (tertiary/aromatic N) is 4. The van der Waals surface area contributed by atoms with Crippen LogP contribution in [0.3, 0.4) is 0 Å². The molecule has 1 fully saturated rings. The van der Waals surface area contributed by atoms with Crippen LogP contribution in [0.25, 0.3) is 11.2 Å². The first-order valence-corrected chi connectivity index (χ1v) is 7.07. The number of aromatic nitrogens is 4. The Hall–Kier alpha value is -1.50. The Labute approximate surface area is 109 Å². The van der Waals surface area contributed by atoms with Gasteiger partial charge in [-0.2, -0.15) is 16.7 Å². The third-order valence-electron chi connectivity index (χ3n) is 3.17. The normalized spacial score (nSPS) is 20.2. The molecule has 2 aromatic rings. The van der Waals surface area contributed by atoms with E-state index in [4.69, 9.17) is 10.5 Å². The van der Waals surface area contributed by atoms with Crippen LogP contribution in [-0.2, 0) is 0 Å². The fourth-order valence-electron chi connectivity index (χ4n) is 2.34. The fourth-order valence-corrected chi connectivity index (χ4v) is 3.47. The number of methoxy groups -OCH3 is 1. The van der Waals surface area contributed by atoms with Crippen molar-refractivity contribution in [1.82, 2.24) is 19.5 Å². The van der Waals surface area contributed by atoms with Gasteiger partial charge in [-0.3, -0.25) is 4.57 Å². The van der Waals surface area contributed by atoms with Crippen LogP contribution in [0.4, 0.5) is 5.95 Å². The number of hydrogen-bond donors (Lipinski definition) is 1. The second-order valence-corrected chi connectivity index (χ2v) is 5.42. The van der Waals surface area contributed by atoms with Gasteiger partial charge in [0.15, 0.2) is 11.2 Å². The van der Waals surface area contributed by atoms with E-state index in [1.54, 1.807) is 7.11 Å². The second-order valence-electron chi connectivity index (χ2n) is 4.27. The Balaban J connectivity index is 2.13. The summed E-state index contributed by atoms with van der Waals surface area (Å²) >= 11 is 1.95. The summed E-state index contributed by atoms with van der Waals surface area (Å²) < 4.78 is 7.21. The van der Waals surface area contributed by atoms with Crippen LogP contribution in [0.2, 0.25) is 0 Å². The van der Waals surface area contributed by atoms with Crippen molar-refractivity contribution in [3.05, 3.63) is 6.33 Å². The van der Waals surface area contributed by atoms with E-state index < -0.39 is 0 Å². The Morgan fingerprint density at radius 3 is 3.11 bits per heavy atom. The van der Waals surface area contributed by atoms with Crippen LogP contribution in [0, 0.1) is 0 Å². The number of fused-ring (bicyclic) bond motifs is 1. The summed E-state index contributed by atoms with van der Waals surface area (Å²) in [4.78, 5) is 12.7. The molecule has 96 valence electrons. The molecule has 3 rings (SSSR count). The molecule has 0 aromatic carbocycles. The highest BCUT2D eigenvalue weighted by atomic mass is 32.2. The van der Waals surface area contributed by atoms with E-state index in [0.717, 1.165) is 17.8 Å². The smallest absolute Gasteiger partial charge is 0.245 e. The van der Waals surface area contributed by atoms with E-state index >= 15 is 0 Å². The van der Waals surface area contributed by atoms with Crippen LogP contribution in [0.5, 0.6) is 5.88 Å². The zero-order valence-corrected chi connectivity index (χ0v) is 11.0. The van der Waals surface area contributed by atoms with Gasteiger partial charge in [0, 0.05) is 11.8 Å². The molecular weight excluding hydrogens is 250 g/mol. The van der Waals surface area contributed by atoms with Gasteiger partial charge in [0.05, 0.1) is 7.11 Å². The molecule has 1 saturated heterocycles. The van der Waals surface area contributed by atoms with Crippen LogP contribution in [0.15, 0.2) is 6.33 Å². The van der Waals surface area contributed by atoms with Crippen molar-refractivity contribution < 1.29 is 4.74 Å². The van der Waals surface area contributed by atoms with E-state index in [1.807, 2.05) is 16.3 Å². The average molecular weight is 265 g/mol. The first-order chi connectivity index (χ1) is 8.81. The minimum atomic E-state index is 0.369. The van der Waals surface area contributed by atoms with Crippen molar-refractivity contribution in [3.8, 4) is 5.88 Å². The van der Waals surface area contributed by atoms with Gasteiger partial charge >= 0.3 is 0 Å². The number of nitrogen functional groups attached to an aromatic ring is 1. The molecule has 1 atom stereocenters. The van der Waals surface area contributed by atoms with E-state index in [1.165, 1.54) is 18.5 Å². The van der Waals surface area contributed by atoms with E-state index in [0.29, 0.717) is 23.4 Å². The van der Waals surface area contributed by atoms with Crippen LogP contribution in [-0.4, -0.2) is 38.1 Å². The predicted molar refractivity (Wildman–Crippen MR) is 71.9 cm³/mol. The molecule has 2 N–H and O–H groups in total. The molecule has 1 aliphatic heterocycles. The van der Waals surface area contributed by atoms with Gasteiger partial charge in [0.2, 0.25) is 11.8 Å². The Bertz CT molecular complexity index is 564. The highest BCUT2D eigenvalue weighted by Crippen LogP contribution is 2.32. The van der Waals surface area contributed by atoms with Gasteiger partial charge in [0.1, 0.15) is 6.33 Å². The van der Waals surface area contributed by atoms with Gasteiger partial charge < -0.3 is 10.5 Å². The van der Waals surface area contributed by atoms with E-state index in [9.17, 15) is 0 Å². The lowest BCUT2D eigenvalue weighted by atomic mass is 10.2. The maximum absolute atomic E-state index is 6.03. The Morgan fingerprint density at radius 1 is 1.50 bits per heavy atom. The third kappa shape index (κ3) is 1.78. The Morgan fingerprint density at radius 2 is 2.39 bits per heavy atom. The summed E-state index contributed by atoms with van der Waals surface area (Å²) in [6.45, 7) is 0. The highest BCUT2D eigenvalue weighted by molar-refractivity contribution is 7.99. The molecular formula is C11H15N5OS. The lowest BCUT2D eigenvalue weighted by molar-refractivity contribution is 0.401. The topological polar surface area (TPSA) is 78.8 Å². The monoisotopic (exact) mass is 265 g/mol. The minimum Gasteiger partial charge on any atom is -0.479 e. The molecule has 0 radical (unpaired) electrons. The van der Waals surface area contributed by atoms with Gasteiger partial charge in [-0.25, -0.2) is 9.97 Å². The number of anilines is 1. The maximum atomic E-state index is 6.03. The van der Waals surface area contributed by atoms with E-state index in [-0.39, 0.29) is 0 Å². The minimum absolute atomic E-state index is 0.369. The van der Waals surface area contributed by atoms with Crippen molar-refractivity contribution in [2.24, 2.45) is 0 Å². The molecule has 18 heavy (non-hydrogen) atoms. The molecule has 1 unspecified atom stereocenters. The zero-order chi connectivity index (χ0) is 12.5. The van der Waals surface area contributed by atoms with Crippen LogP contribution >= 0.6 is 11.8 Å². The summed E-state index contributed by atoms with van der Waals surface area (Å²) in [6, 6.07) is 0.369. The number of thioether (sulfide) groups is 1. The molecule has 7 heteroatoms. The molecule has 0 bridgehead atoms. The van der Waals surface area contributed by atoms with Gasteiger partial charge in [0.25, 0.3) is 0 Å². The molecule has 6 nitrogen and oxygen atoms in total. The molecule has 0 amide bonds. The number of nitrogens with two attached hydrogens (primary N) is 1. The number of rotatable bonds is 2. The molecule has 0 aliphatic carbocycles. The van der Waals surface area contributed by atoms with Gasteiger partial charge in [-0.15, -0.1) is 0 Å². The SMILES string of the molecule is COc1ncnc2c1nc(N)n2C1CCCSC1. The molecule has 2 aromatic heterocycles. The maximum Gasteiger partial charge on any atom is 0.245 e. The van der Waals surface area contributed by atoms with Crippen molar-refractivity contribution >= 4 is 28.9 Å². The highest BCUT2D eigenvalue weighted by Gasteiger charge is 2.23. The van der Waals surface area contributed by atoms with Crippen molar-refractivity contribution in [3.63, 3.8) is 0 Å². The Kier molecular flexibility index (Phi) is 2.99. The third-order valence-corrected chi connectivity index (χ3v) is 4.36. The number of ether oxygens (including phenoxy) is 1. The van der Waals surface area contributed by atoms with E-state index in [2.05, 4.69) is 15.0 Å². The summed E-state index contributed by atoms with van der Waals surface area (Å²) in [5, 5.41) is 0. The molecule has 3 heterocycles. The summed E-state index contributed by atoms with van der Waals surface area (Å²) in [7, 11) is 1.58. The van der Waals surface area contributed by atoms with Crippen molar-refractivity contribution in [2.75, 3.05) is 24.3 Å². The van der Waals surface area contributed by atoms with Gasteiger partial charge in [-0.1, -0.05) is 0 Å². The summed E-state index contributed by atoms with van der Waals surface area (Å²) in [5.74, 6) is 3.26. The zero-order valence-electron chi connectivity index (χ0n) is 10.2. The van der Waals surface area contributed by atoms with Crippen molar-refractivity contribution in [2.45, 2.75) is 18.9 Å². The van der Waals surface area contributed by atoms with Crippen LogP contribution in [0.1, 0.15) is 18.9 Å².